The Morgan fingerprint density at radius 3 is 2.59 bits per heavy atom. The van der Waals surface area contributed by atoms with Crippen LogP contribution in [0.1, 0.15) is 18.9 Å². The number of alkyl halides is 2. The molecule has 3 aliphatic heterocycles. The van der Waals surface area contributed by atoms with Crippen molar-refractivity contribution in [3.8, 4) is 0 Å². The largest absolute Gasteiger partial charge is 0.481 e. The zero-order chi connectivity index (χ0) is 21.5. The molecule has 11 heteroatoms. The first-order chi connectivity index (χ1) is 13.4. The topological polar surface area (TPSA) is 95.9 Å². The van der Waals surface area contributed by atoms with E-state index in [2.05, 4.69) is 5.32 Å². The molecule has 3 heterocycles. The first-order valence-corrected chi connectivity index (χ1v) is 9.44. The van der Waals surface area contributed by atoms with Crippen LogP contribution in [-0.2, 0) is 24.7 Å². The molecule has 0 aromatic heterocycles. The van der Waals surface area contributed by atoms with Crippen LogP contribution in [0.25, 0.3) is 0 Å². The van der Waals surface area contributed by atoms with E-state index in [0.29, 0.717) is 0 Å². The Hall–Kier alpha value is -1.97. The Kier molecular flexibility index (Phi) is 4.22. The highest BCUT2D eigenvalue weighted by atomic mass is 35.5. The standard InChI is InChI=1S/C18H16Cl2F2N2O5/c1-16(15(28)29-2)11(13(25)26)10-5-17(21,22)6-24(10)18(16)8-3-7(19)4-9(20)12(8)23-14(18)27/h3-4,10-11H,5-6H2,1-2H3,(H,23,27)(H,25,26). The van der Waals surface area contributed by atoms with Gasteiger partial charge in [0, 0.05) is 23.0 Å². The molecule has 3 aliphatic rings. The number of methoxy groups -OCH3 is 1. The van der Waals surface area contributed by atoms with Gasteiger partial charge in [0.15, 0.2) is 0 Å². The molecule has 2 N–H and O–H groups in total. The Balaban J connectivity index is 2.11. The maximum absolute atomic E-state index is 14.4. The van der Waals surface area contributed by atoms with Crippen LogP contribution in [0.2, 0.25) is 10.0 Å². The Morgan fingerprint density at radius 2 is 2.00 bits per heavy atom. The molecule has 4 unspecified atom stereocenters. The summed E-state index contributed by atoms with van der Waals surface area (Å²) in [4.78, 5) is 39.7. The smallest absolute Gasteiger partial charge is 0.315 e. The summed E-state index contributed by atoms with van der Waals surface area (Å²) in [5.74, 6) is -8.17. The fraction of sp³-hybridized carbons (Fsp3) is 0.500. The van der Waals surface area contributed by atoms with Crippen LogP contribution >= 0.6 is 23.2 Å². The number of carbonyl (C=O) groups excluding carboxylic acids is 2. The highest BCUT2D eigenvalue weighted by Crippen LogP contribution is 2.66. The third-order valence-electron chi connectivity index (χ3n) is 6.39. The second kappa shape index (κ2) is 6.02. The monoisotopic (exact) mass is 448 g/mol. The molecule has 1 amide bonds. The van der Waals surface area contributed by atoms with Crippen molar-refractivity contribution in [2.24, 2.45) is 11.3 Å². The van der Waals surface area contributed by atoms with Gasteiger partial charge < -0.3 is 15.2 Å². The first kappa shape index (κ1) is 20.3. The second-order valence-electron chi connectivity index (χ2n) is 7.74. The number of halogens is 4. The molecule has 1 aromatic carbocycles. The van der Waals surface area contributed by atoms with E-state index in [4.69, 9.17) is 27.9 Å². The minimum absolute atomic E-state index is 0.0474. The van der Waals surface area contributed by atoms with E-state index in [1.165, 1.54) is 19.1 Å². The normalized spacial score (nSPS) is 34.8. The van der Waals surface area contributed by atoms with E-state index < -0.39 is 59.6 Å². The number of hydrogen-bond donors (Lipinski definition) is 2. The van der Waals surface area contributed by atoms with Crippen LogP contribution < -0.4 is 5.32 Å². The van der Waals surface area contributed by atoms with Gasteiger partial charge in [-0.3, -0.25) is 19.3 Å². The molecule has 2 fully saturated rings. The minimum Gasteiger partial charge on any atom is -0.481 e. The van der Waals surface area contributed by atoms with Gasteiger partial charge in [-0.1, -0.05) is 23.2 Å². The number of nitrogens with zero attached hydrogens (tertiary/aromatic N) is 1. The summed E-state index contributed by atoms with van der Waals surface area (Å²) in [6, 6.07) is 1.43. The summed E-state index contributed by atoms with van der Waals surface area (Å²) in [5.41, 5.74) is -3.90. The molecule has 2 saturated heterocycles. The average Bonchev–Trinajstić information content (AvgIpc) is 3.14. The van der Waals surface area contributed by atoms with Gasteiger partial charge >= 0.3 is 11.9 Å². The highest BCUT2D eigenvalue weighted by Gasteiger charge is 2.80. The van der Waals surface area contributed by atoms with E-state index in [1.54, 1.807) is 0 Å². The van der Waals surface area contributed by atoms with Crippen molar-refractivity contribution in [3.05, 3.63) is 27.7 Å². The lowest BCUT2D eigenvalue weighted by atomic mass is 9.62. The van der Waals surface area contributed by atoms with E-state index in [1.807, 2.05) is 0 Å². The molecule has 0 saturated carbocycles. The van der Waals surface area contributed by atoms with E-state index in [-0.39, 0.29) is 21.3 Å². The minimum atomic E-state index is -3.24. The summed E-state index contributed by atoms with van der Waals surface area (Å²) in [5, 5.41) is 12.6. The van der Waals surface area contributed by atoms with Crippen molar-refractivity contribution in [3.63, 3.8) is 0 Å². The molecule has 7 nitrogen and oxygen atoms in total. The van der Waals surface area contributed by atoms with Gasteiger partial charge in [-0.2, -0.15) is 0 Å². The Bertz CT molecular complexity index is 974. The number of carboxylic acids is 1. The second-order valence-corrected chi connectivity index (χ2v) is 8.58. The van der Waals surface area contributed by atoms with Crippen molar-refractivity contribution >= 4 is 46.7 Å². The number of esters is 1. The van der Waals surface area contributed by atoms with E-state index >= 15 is 0 Å². The quantitative estimate of drug-likeness (QED) is 0.675. The van der Waals surface area contributed by atoms with Crippen LogP contribution in [0.3, 0.4) is 0 Å². The number of ether oxygens (including phenoxy) is 1. The molecule has 29 heavy (non-hydrogen) atoms. The van der Waals surface area contributed by atoms with Gasteiger partial charge in [0.05, 0.1) is 30.3 Å². The van der Waals surface area contributed by atoms with Gasteiger partial charge in [-0.25, -0.2) is 8.78 Å². The van der Waals surface area contributed by atoms with Gasteiger partial charge in [0.25, 0.3) is 11.8 Å². The summed E-state index contributed by atoms with van der Waals surface area (Å²) in [6.07, 6.45) is -0.810. The van der Waals surface area contributed by atoms with Crippen LogP contribution in [0.5, 0.6) is 0 Å². The first-order valence-electron chi connectivity index (χ1n) is 8.68. The summed E-state index contributed by atoms with van der Waals surface area (Å²) >= 11 is 12.3. The van der Waals surface area contributed by atoms with Gasteiger partial charge in [0.2, 0.25) is 0 Å². The lowest BCUT2D eigenvalue weighted by Crippen LogP contribution is -2.60. The van der Waals surface area contributed by atoms with E-state index in [0.717, 1.165) is 12.0 Å². The van der Waals surface area contributed by atoms with Gasteiger partial charge in [-0.05, 0) is 19.1 Å². The lowest BCUT2D eigenvalue weighted by Gasteiger charge is -2.42. The van der Waals surface area contributed by atoms with Crippen molar-refractivity contribution < 1.29 is 33.0 Å². The number of amides is 1. The summed E-state index contributed by atoms with van der Waals surface area (Å²) < 4.78 is 33.7. The van der Waals surface area contributed by atoms with E-state index in [9.17, 15) is 28.3 Å². The average molecular weight is 449 g/mol. The molecule has 156 valence electrons. The van der Waals surface area contributed by atoms with Crippen LogP contribution in [0.4, 0.5) is 14.5 Å². The number of rotatable bonds is 2. The summed E-state index contributed by atoms with van der Waals surface area (Å²) in [6.45, 7) is 0.364. The predicted octanol–water partition coefficient (Wildman–Crippen LogP) is 2.74. The predicted molar refractivity (Wildman–Crippen MR) is 98.1 cm³/mol. The molecule has 4 atom stereocenters. The third-order valence-corrected chi connectivity index (χ3v) is 6.90. The number of carbonyl (C=O) groups is 3. The lowest BCUT2D eigenvalue weighted by molar-refractivity contribution is -0.171. The van der Waals surface area contributed by atoms with Crippen molar-refractivity contribution in [2.45, 2.75) is 30.8 Å². The zero-order valence-electron chi connectivity index (χ0n) is 15.3. The summed E-state index contributed by atoms with van der Waals surface area (Å²) in [7, 11) is 1.05. The number of benzene rings is 1. The fourth-order valence-electron chi connectivity index (χ4n) is 5.43. The van der Waals surface area contributed by atoms with Crippen LogP contribution in [-0.4, -0.2) is 53.5 Å². The molecule has 0 aliphatic carbocycles. The maximum Gasteiger partial charge on any atom is 0.315 e. The maximum atomic E-state index is 14.4. The zero-order valence-corrected chi connectivity index (χ0v) is 16.8. The molecule has 1 aromatic rings. The molecular formula is C18H16Cl2F2N2O5. The number of hydrogen-bond acceptors (Lipinski definition) is 5. The Labute approximate surface area is 173 Å². The van der Waals surface area contributed by atoms with Gasteiger partial charge in [-0.15, -0.1) is 0 Å². The molecular weight excluding hydrogens is 433 g/mol. The van der Waals surface area contributed by atoms with Gasteiger partial charge in [0.1, 0.15) is 11.0 Å². The Morgan fingerprint density at radius 1 is 1.34 bits per heavy atom. The number of carboxylic acid groups (broad SMARTS) is 1. The number of fused-ring (bicyclic) bond motifs is 4. The van der Waals surface area contributed by atoms with Crippen LogP contribution in [0, 0.1) is 11.3 Å². The van der Waals surface area contributed by atoms with Crippen molar-refractivity contribution in [2.75, 3.05) is 19.0 Å². The SMILES string of the molecule is COC(=O)C1(C)C(C(=O)O)C2CC(F)(F)CN2C12C(=O)Nc1c(Cl)cc(Cl)cc12. The number of nitrogens with one attached hydrogen (secondary N) is 1. The molecule has 4 rings (SSSR count). The highest BCUT2D eigenvalue weighted by molar-refractivity contribution is 6.38. The molecule has 0 radical (unpaired) electrons. The fourth-order valence-corrected chi connectivity index (χ4v) is 5.97. The van der Waals surface area contributed by atoms with Crippen LogP contribution in [0.15, 0.2) is 12.1 Å². The number of aliphatic carboxylic acids is 1. The molecule has 1 spiro atoms. The molecule has 0 bridgehead atoms. The number of anilines is 1. The van der Waals surface area contributed by atoms with Crippen molar-refractivity contribution in [1.82, 2.24) is 4.90 Å². The van der Waals surface area contributed by atoms with Crippen molar-refractivity contribution in [1.29, 1.82) is 0 Å². The third kappa shape index (κ3) is 2.29.